The molecule has 0 aromatic carbocycles. The maximum absolute atomic E-state index is 11.8. The summed E-state index contributed by atoms with van der Waals surface area (Å²) in [6.07, 6.45) is 1.91. The molecule has 2 N–H and O–H groups in total. The fraction of sp³-hybridized carbons (Fsp3) is 0.917. The third kappa shape index (κ3) is 5.17. The summed E-state index contributed by atoms with van der Waals surface area (Å²) in [5.41, 5.74) is -0.186. The Bertz CT molecular complexity index is 210. The summed E-state index contributed by atoms with van der Waals surface area (Å²) < 4.78 is 0. The quantitative estimate of drug-likeness (QED) is 0.711. The van der Waals surface area contributed by atoms with E-state index in [1.807, 2.05) is 13.8 Å². The Morgan fingerprint density at radius 3 is 2.20 bits per heavy atom. The molecule has 3 heteroatoms. The van der Waals surface area contributed by atoms with Gasteiger partial charge in [0.15, 0.2) is 0 Å². The Morgan fingerprint density at radius 1 is 1.27 bits per heavy atom. The smallest absolute Gasteiger partial charge is 0.225 e. The number of carbonyl (C=O) groups is 1. The van der Waals surface area contributed by atoms with Gasteiger partial charge < -0.3 is 10.4 Å². The van der Waals surface area contributed by atoms with Crippen molar-refractivity contribution in [2.75, 3.05) is 13.2 Å². The average Bonchev–Trinajstić information content (AvgIpc) is 2.12. The molecular formula is C12H25NO2. The van der Waals surface area contributed by atoms with Crippen molar-refractivity contribution in [3.63, 3.8) is 0 Å². The van der Waals surface area contributed by atoms with Gasteiger partial charge in [0.05, 0.1) is 6.61 Å². The highest BCUT2D eigenvalue weighted by atomic mass is 16.3. The van der Waals surface area contributed by atoms with Crippen LogP contribution >= 0.6 is 0 Å². The zero-order valence-corrected chi connectivity index (χ0v) is 10.7. The average molecular weight is 215 g/mol. The topological polar surface area (TPSA) is 49.3 Å². The molecule has 0 rings (SSSR count). The molecule has 0 heterocycles. The standard InChI is InChI=1S/C12H25NO2/c1-6-11(2,3)9-12(4,5)10(15)13-7-8-14/h14H,6-9H2,1-5H3,(H,13,15). The lowest BCUT2D eigenvalue weighted by atomic mass is 9.73. The molecule has 0 spiro atoms. The van der Waals surface area contributed by atoms with Crippen LogP contribution in [0, 0.1) is 10.8 Å². The highest BCUT2D eigenvalue weighted by molar-refractivity contribution is 5.81. The van der Waals surface area contributed by atoms with Gasteiger partial charge in [0, 0.05) is 12.0 Å². The van der Waals surface area contributed by atoms with E-state index in [0.29, 0.717) is 6.54 Å². The lowest BCUT2D eigenvalue weighted by Crippen LogP contribution is -2.40. The van der Waals surface area contributed by atoms with Crippen molar-refractivity contribution in [3.05, 3.63) is 0 Å². The summed E-state index contributed by atoms with van der Waals surface area (Å²) in [6.45, 7) is 10.7. The third-order valence-electron chi connectivity index (χ3n) is 2.89. The van der Waals surface area contributed by atoms with E-state index in [0.717, 1.165) is 12.8 Å². The van der Waals surface area contributed by atoms with Crippen LogP contribution in [0.25, 0.3) is 0 Å². The van der Waals surface area contributed by atoms with Gasteiger partial charge in [-0.05, 0) is 11.8 Å². The first-order valence-electron chi connectivity index (χ1n) is 5.64. The van der Waals surface area contributed by atoms with Crippen LogP contribution in [0.4, 0.5) is 0 Å². The summed E-state index contributed by atoms with van der Waals surface area (Å²) in [5, 5.41) is 11.4. The lowest BCUT2D eigenvalue weighted by molar-refractivity contribution is -0.131. The van der Waals surface area contributed by atoms with E-state index in [9.17, 15) is 4.79 Å². The first-order valence-corrected chi connectivity index (χ1v) is 5.64. The van der Waals surface area contributed by atoms with E-state index in [2.05, 4.69) is 26.1 Å². The van der Waals surface area contributed by atoms with E-state index in [4.69, 9.17) is 5.11 Å². The molecule has 0 aromatic heterocycles. The summed E-state index contributed by atoms with van der Waals surface area (Å²) in [7, 11) is 0. The van der Waals surface area contributed by atoms with Gasteiger partial charge in [-0.25, -0.2) is 0 Å². The van der Waals surface area contributed by atoms with E-state index >= 15 is 0 Å². The van der Waals surface area contributed by atoms with Gasteiger partial charge in [-0.1, -0.05) is 41.0 Å². The molecule has 0 radical (unpaired) electrons. The molecule has 0 saturated carbocycles. The number of amides is 1. The summed E-state index contributed by atoms with van der Waals surface area (Å²) in [6, 6.07) is 0. The van der Waals surface area contributed by atoms with E-state index < -0.39 is 0 Å². The van der Waals surface area contributed by atoms with Crippen molar-refractivity contribution in [2.24, 2.45) is 10.8 Å². The second kappa shape index (κ2) is 5.50. The monoisotopic (exact) mass is 215 g/mol. The van der Waals surface area contributed by atoms with Crippen LogP contribution in [0.3, 0.4) is 0 Å². The summed E-state index contributed by atoms with van der Waals surface area (Å²) >= 11 is 0. The van der Waals surface area contributed by atoms with Crippen LogP contribution in [-0.2, 0) is 4.79 Å². The molecule has 0 unspecified atom stereocenters. The molecule has 0 aromatic rings. The molecule has 3 nitrogen and oxygen atoms in total. The van der Waals surface area contributed by atoms with Crippen LogP contribution < -0.4 is 5.32 Å². The fourth-order valence-electron chi connectivity index (χ4n) is 1.81. The Hall–Kier alpha value is -0.570. The summed E-state index contributed by atoms with van der Waals surface area (Å²) in [5.74, 6) is 0.0260. The number of nitrogens with one attached hydrogen (secondary N) is 1. The Labute approximate surface area is 93.3 Å². The van der Waals surface area contributed by atoms with E-state index in [1.54, 1.807) is 0 Å². The first-order chi connectivity index (χ1) is 6.75. The fourth-order valence-corrected chi connectivity index (χ4v) is 1.81. The van der Waals surface area contributed by atoms with Gasteiger partial charge in [0.1, 0.15) is 0 Å². The third-order valence-corrected chi connectivity index (χ3v) is 2.89. The van der Waals surface area contributed by atoms with Crippen molar-refractivity contribution in [3.8, 4) is 0 Å². The van der Waals surface area contributed by atoms with Gasteiger partial charge in [0.25, 0.3) is 0 Å². The SMILES string of the molecule is CCC(C)(C)CC(C)(C)C(=O)NCCO. The molecule has 0 fully saturated rings. The van der Waals surface area contributed by atoms with Gasteiger partial charge in [0.2, 0.25) is 5.91 Å². The minimum absolute atomic E-state index is 0.00100. The first kappa shape index (κ1) is 14.4. The second-order valence-electron chi connectivity index (χ2n) is 5.56. The predicted octanol–water partition coefficient (Wildman–Crippen LogP) is 1.95. The van der Waals surface area contributed by atoms with Gasteiger partial charge in [-0.15, -0.1) is 0 Å². The molecule has 0 bridgehead atoms. The van der Waals surface area contributed by atoms with Crippen LogP contribution in [0.15, 0.2) is 0 Å². The Kier molecular flexibility index (Phi) is 5.29. The van der Waals surface area contributed by atoms with Crippen molar-refractivity contribution < 1.29 is 9.90 Å². The molecule has 0 aliphatic carbocycles. The lowest BCUT2D eigenvalue weighted by Gasteiger charge is -2.33. The zero-order chi connectivity index (χ0) is 12.1. The number of aliphatic hydroxyl groups is 1. The second-order valence-corrected chi connectivity index (χ2v) is 5.56. The van der Waals surface area contributed by atoms with E-state index in [1.165, 1.54) is 0 Å². The normalized spacial score (nSPS) is 12.7. The minimum Gasteiger partial charge on any atom is -0.395 e. The molecule has 90 valence electrons. The predicted molar refractivity (Wildman–Crippen MR) is 62.6 cm³/mol. The number of aliphatic hydroxyl groups excluding tert-OH is 1. The van der Waals surface area contributed by atoms with Crippen LogP contribution in [-0.4, -0.2) is 24.2 Å². The molecule has 0 aliphatic rings. The van der Waals surface area contributed by atoms with Crippen LogP contribution in [0.5, 0.6) is 0 Å². The van der Waals surface area contributed by atoms with Crippen LogP contribution in [0.2, 0.25) is 0 Å². The molecule has 0 aliphatic heterocycles. The number of hydrogen-bond acceptors (Lipinski definition) is 2. The number of carbonyl (C=O) groups excluding carboxylic acids is 1. The van der Waals surface area contributed by atoms with Gasteiger partial charge in [-0.2, -0.15) is 0 Å². The van der Waals surface area contributed by atoms with Gasteiger partial charge >= 0.3 is 0 Å². The van der Waals surface area contributed by atoms with Gasteiger partial charge in [-0.3, -0.25) is 4.79 Å². The maximum atomic E-state index is 11.8. The molecule has 0 saturated heterocycles. The zero-order valence-electron chi connectivity index (χ0n) is 10.7. The highest BCUT2D eigenvalue weighted by Gasteiger charge is 2.33. The van der Waals surface area contributed by atoms with Crippen molar-refractivity contribution in [1.82, 2.24) is 5.32 Å². The summed E-state index contributed by atoms with van der Waals surface area (Å²) in [4.78, 5) is 11.8. The molecule has 15 heavy (non-hydrogen) atoms. The van der Waals surface area contributed by atoms with Crippen molar-refractivity contribution >= 4 is 5.91 Å². The van der Waals surface area contributed by atoms with Crippen molar-refractivity contribution in [2.45, 2.75) is 47.5 Å². The Morgan fingerprint density at radius 2 is 1.80 bits per heavy atom. The number of hydrogen-bond donors (Lipinski definition) is 2. The highest BCUT2D eigenvalue weighted by Crippen LogP contribution is 2.35. The number of rotatable bonds is 6. The Balaban J connectivity index is 4.34. The van der Waals surface area contributed by atoms with Crippen molar-refractivity contribution in [1.29, 1.82) is 0 Å². The minimum atomic E-state index is -0.366. The largest absolute Gasteiger partial charge is 0.395 e. The molecule has 0 atom stereocenters. The maximum Gasteiger partial charge on any atom is 0.225 e. The molecule has 1 amide bonds. The van der Waals surface area contributed by atoms with E-state index in [-0.39, 0.29) is 23.3 Å². The van der Waals surface area contributed by atoms with Crippen LogP contribution in [0.1, 0.15) is 47.5 Å². The molecular weight excluding hydrogens is 190 g/mol.